The molecule has 0 saturated heterocycles. The molecule has 9 heteroatoms. The van der Waals surface area contributed by atoms with E-state index in [1.807, 2.05) is 26.8 Å². The molecule has 0 amide bonds. The summed E-state index contributed by atoms with van der Waals surface area (Å²) in [7, 11) is -8.05. The number of phenolic OH excluding ortho intramolecular Hbond substituents is 1. The number of hydrogen-bond acceptors (Lipinski definition) is 7. The van der Waals surface area contributed by atoms with Crippen molar-refractivity contribution >= 4 is 21.3 Å². The third-order valence-electron chi connectivity index (χ3n) is 5.44. The summed E-state index contributed by atoms with van der Waals surface area (Å²) in [5.41, 5.74) is 2.88. The molecule has 0 aromatic heterocycles. The second-order valence-corrected chi connectivity index (χ2v) is 13.3. The van der Waals surface area contributed by atoms with Gasteiger partial charge in [0, 0.05) is 5.56 Å². The van der Waals surface area contributed by atoms with E-state index >= 15 is 0 Å². The lowest BCUT2D eigenvalue weighted by Gasteiger charge is -2.30. The highest BCUT2D eigenvalue weighted by molar-refractivity contribution is 7.79. The first-order valence-electron chi connectivity index (χ1n) is 11.9. The lowest BCUT2D eigenvalue weighted by atomic mass is 9.78. The summed E-state index contributed by atoms with van der Waals surface area (Å²) in [6, 6.07) is 2.00. The Morgan fingerprint density at radius 3 is 1.79 bits per heavy atom. The van der Waals surface area contributed by atoms with Crippen LogP contribution in [-0.4, -0.2) is 31.5 Å². The molecule has 7 nitrogen and oxygen atoms in total. The van der Waals surface area contributed by atoms with Crippen molar-refractivity contribution in [3.8, 4) is 5.75 Å². The van der Waals surface area contributed by atoms with Gasteiger partial charge in [0.1, 0.15) is 5.75 Å². The molecule has 188 valence electrons. The minimum absolute atomic E-state index is 0.0917. The maximum absolute atomic E-state index is 13.9. The largest absolute Gasteiger partial charge is 0.507 e. The molecule has 1 aliphatic rings. The molecule has 0 atom stereocenters. The van der Waals surface area contributed by atoms with Crippen molar-refractivity contribution < 1.29 is 32.3 Å². The average Bonchev–Trinajstić information content (AvgIpc) is 2.71. The van der Waals surface area contributed by atoms with Gasteiger partial charge in [-0.2, -0.15) is 0 Å². The third kappa shape index (κ3) is 6.39. The predicted octanol–water partition coefficient (Wildman–Crippen LogP) is 7.40. The molecule has 0 bridgehead atoms. The van der Waals surface area contributed by atoms with Crippen LogP contribution in [0.5, 0.6) is 5.75 Å². The Kier molecular flexibility index (Phi) is 10.00. The van der Waals surface area contributed by atoms with Gasteiger partial charge in [-0.25, -0.2) is 0 Å². The number of hydrogen-bond donors (Lipinski definition) is 1. The summed E-state index contributed by atoms with van der Waals surface area (Å²) in [5, 5.41) is 11.2. The van der Waals surface area contributed by atoms with Gasteiger partial charge >= 0.3 is 15.2 Å². The van der Waals surface area contributed by atoms with E-state index in [4.69, 9.17) is 18.1 Å². The van der Waals surface area contributed by atoms with E-state index in [0.29, 0.717) is 11.1 Å². The fourth-order valence-electron chi connectivity index (χ4n) is 4.27. The van der Waals surface area contributed by atoms with E-state index in [1.54, 1.807) is 33.8 Å². The SMILES string of the molecule is CCOP(=O)(OCC)C(=Cc1cc2c(c(O)c1C(C)(C)C)CCCC2)P(=O)(OCC)OCC. The molecule has 0 spiro atoms. The molecule has 0 unspecified atom stereocenters. The van der Waals surface area contributed by atoms with E-state index in [2.05, 4.69) is 0 Å². The molecule has 0 radical (unpaired) electrons. The van der Waals surface area contributed by atoms with Gasteiger partial charge in [-0.05, 0) is 81.6 Å². The van der Waals surface area contributed by atoms with E-state index in [0.717, 1.165) is 36.8 Å². The number of fused-ring (bicyclic) bond motifs is 1. The molecule has 2 rings (SSSR count). The number of rotatable bonds is 11. The summed E-state index contributed by atoms with van der Waals surface area (Å²) in [4.78, 5) is 0. The highest BCUT2D eigenvalue weighted by Gasteiger charge is 2.45. The quantitative estimate of drug-likeness (QED) is 0.315. The summed E-state index contributed by atoms with van der Waals surface area (Å²) in [6.45, 7) is 13.2. The van der Waals surface area contributed by atoms with Crippen molar-refractivity contribution in [2.24, 2.45) is 0 Å². The number of aryl methyl sites for hydroxylation is 1. The summed E-state index contributed by atoms with van der Waals surface area (Å²) >= 11 is 0. The molecule has 0 saturated carbocycles. The smallest absolute Gasteiger partial charge is 0.369 e. The van der Waals surface area contributed by atoms with Crippen molar-refractivity contribution in [1.29, 1.82) is 0 Å². The Bertz CT molecular complexity index is 895. The summed E-state index contributed by atoms with van der Waals surface area (Å²) in [5.74, 6) is 0.246. The van der Waals surface area contributed by atoms with Gasteiger partial charge < -0.3 is 23.2 Å². The second kappa shape index (κ2) is 11.7. The average molecular weight is 503 g/mol. The van der Waals surface area contributed by atoms with Gasteiger partial charge in [-0.15, -0.1) is 0 Å². The first-order valence-corrected chi connectivity index (χ1v) is 14.9. The van der Waals surface area contributed by atoms with Gasteiger partial charge in [0.25, 0.3) is 0 Å². The minimum Gasteiger partial charge on any atom is -0.507 e. The zero-order valence-electron chi connectivity index (χ0n) is 21.1. The lowest BCUT2D eigenvalue weighted by molar-refractivity contribution is 0.214. The topological polar surface area (TPSA) is 91.3 Å². The van der Waals surface area contributed by atoms with E-state index in [9.17, 15) is 14.2 Å². The highest BCUT2D eigenvalue weighted by Crippen LogP contribution is 2.74. The van der Waals surface area contributed by atoms with Crippen molar-refractivity contribution in [2.45, 2.75) is 79.6 Å². The number of phenols is 1. The number of aromatic hydroxyl groups is 1. The van der Waals surface area contributed by atoms with Crippen LogP contribution < -0.4 is 0 Å². The Hall–Kier alpha value is -0.940. The molecule has 33 heavy (non-hydrogen) atoms. The minimum atomic E-state index is -4.03. The molecular formula is C24H40O7P2. The van der Waals surface area contributed by atoms with E-state index in [-0.39, 0.29) is 37.2 Å². The van der Waals surface area contributed by atoms with Crippen molar-refractivity contribution in [1.82, 2.24) is 0 Å². The fourth-order valence-corrected chi connectivity index (χ4v) is 8.80. The van der Waals surface area contributed by atoms with Gasteiger partial charge in [0.05, 0.1) is 26.4 Å². The van der Waals surface area contributed by atoms with Crippen LogP contribution in [0.3, 0.4) is 0 Å². The monoisotopic (exact) mass is 502 g/mol. The zero-order chi connectivity index (χ0) is 24.9. The van der Waals surface area contributed by atoms with E-state index in [1.165, 1.54) is 0 Å². The van der Waals surface area contributed by atoms with Crippen LogP contribution in [0.25, 0.3) is 6.08 Å². The Labute approximate surface area is 198 Å². The Morgan fingerprint density at radius 1 is 0.909 bits per heavy atom. The maximum atomic E-state index is 13.9. The third-order valence-corrected chi connectivity index (χ3v) is 10.7. The van der Waals surface area contributed by atoms with Gasteiger partial charge in [0.2, 0.25) is 0 Å². The highest BCUT2D eigenvalue weighted by atomic mass is 31.2. The van der Waals surface area contributed by atoms with Crippen LogP contribution in [-0.2, 0) is 45.5 Å². The molecule has 1 N–H and O–H groups in total. The molecular weight excluding hydrogens is 462 g/mol. The first-order chi connectivity index (χ1) is 15.5. The standard InChI is InChI=1S/C24H40O7P2/c1-8-28-32(26,29-9-2)21(33(27,30-10-3)31-11-4)17-19-16-18-14-12-13-15-20(18)23(25)22(19)24(5,6)7/h16-17,25H,8-15H2,1-7H3. The van der Waals surface area contributed by atoms with Crippen molar-refractivity contribution in [3.05, 3.63) is 33.4 Å². The van der Waals surface area contributed by atoms with Crippen molar-refractivity contribution in [3.63, 3.8) is 0 Å². The second-order valence-electron chi connectivity index (χ2n) is 8.95. The van der Waals surface area contributed by atoms with Gasteiger partial charge in [-0.1, -0.05) is 26.8 Å². The molecule has 1 aromatic rings. The van der Waals surface area contributed by atoms with Crippen LogP contribution in [0, 0.1) is 0 Å². The maximum Gasteiger partial charge on any atom is 0.369 e. The predicted molar refractivity (Wildman–Crippen MR) is 133 cm³/mol. The van der Waals surface area contributed by atoms with Crippen LogP contribution >= 0.6 is 15.2 Å². The first kappa shape index (κ1) is 28.3. The molecule has 0 heterocycles. The zero-order valence-corrected chi connectivity index (χ0v) is 22.9. The normalized spacial score (nSPS) is 14.8. The van der Waals surface area contributed by atoms with E-state index < -0.39 is 20.6 Å². The molecule has 0 fully saturated rings. The van der Waals surface area contributed by atoms with Crippen LogP contribution in [0.1, 0.15) is 83.6 Å². The Balaban J connectivity index is 2.93. The Morgan fingerprint density at radius 2 is 1.36 bits per heavy atom. The van der Waals surface area contributed by atoms with Crippen LogP contribution in [0.15, 0.2) is 11.1 Å². The molecule has 1 aromatic carbocycles. The molecule has 0 aliphatic heterocycles. The fraction of sp³-hybridized carbons (Fsp3) is 0.667. The summed E-state index contributed by atoms with van der Waals surface area (Å²) < 4.78 is 50.2. The van der Waals surface area contributed by atoms with Gasteiger partial charge in [0.15, 0.2) is 5.06 Å². The van der Waals surface area contributed by atoms with Crippen LogP contribution in [0.4, 0.5) is 0 Å². The van der Waals surface area contributed by atoms with Crippen LogP contribution in [0.2, 0.25) is 0 Å². The lowest BCUT2D eigenvalue weighted by Crippen LogP contribution is -2.17. The van der Waals surface area contributed by atoms with Crippen molar-refractivity contribution in [2.75, 3.05) is 26.4 Å². The van der Waals surface area contributed by atoms with Gasteiger partial charge in [-0.3, -0.25) is 9.13 Å². The summed E-state index contributed by atoms with van der Waals surface area (Å²) in [6.07, 6.45) is 5.26. The molecule has 1 aliphatic carbocycles. The number of benzene rings is 1.